The summed E-state index contributed by atoms with van der Waals surface area (Å²) in [7, 11) is 0. The zero-order valence-corrected chi connectivity index (χ0v) is 12.8. The molecule has 0 aliphatic carbocycles. The van der Waals surface area contributed by atoms with Crippen LogP contribution in [0.1, 0.15) is 20.8 Å². The standard InChI is InChI=1S/C12H16ClFO8/c1-5(15)20-4-8(18)10(21-6(2)16)11(22-7(3)17)9(14)12(13)19/h8-11,18H,4H2,1-3H3/t8-,9-,10-,11-/m1/s1. The van der Waals surface area contributed by atoms with E-state index in [1.807, 2.05) is 0 Å². The van der Waals surface area contributed by atoms with E-state index < -0.39 is 54.2 Å². The fourth-order valence-corrected chi connectivity index (χ4v) is 1.59. The first kappa shape index (κ1) is 20.3. The minimum atomic E-state index is -2.55. The van der Waals surface area contributed by atoms with Crippen LogP contribution in [0.3, 0.4) is 0 Å². The van der Waals surface area contributed by atoms with Gasteiger partial charge in [-0.1, -0.05) is 0 Å². The normalized spacial score (nSPS) is 15.9. The van der Waals surface area contributed by atoms with Crippen LogP contribution >= 0.6 is 11.6 Å². The fourth-order valence-electron chi connectivity index (χ4n) is 1.47. The SMILES string of the molecule is CC(=O)OC[C@@H](O)[C@@H](OC(C)=O)[C@H](OC(C)=O)[C@@H](F)C(=O)Cl. The van der Waals surface area contributed by atoms with Crippen molar-refractivity contribution in [2.75, 3.05) is 6.61 Å². The number of hydrogen-bond acceptors (Lipinski definition) is 8. The summed E-state index contributed by atoms with van der Waals surface area (Å²) in [5, 5.41) is 8.34. The van der Waals surface area contributed by atoms with E-state index in [2.05, 4.69) is 14.2 Å². The molecule has 126 valence electrons. The molecule has 10 heteroatoms. The summed E-state index contributed by atoms with van der Waals surface area (Å²) in [5.41, 5.74) is 0. The lowest BCUT2D eigenvalue weighted by atomic mass is 10.0. The Morgan fingerprint density at radius 2 is 1.45 bits per heavy atom. The van der Waals surface area contributed by atoms with E-state index in [4.69, 9.17) is 11.6 Å². The van der Waals surface area contributed by atoms with Crippen molar-refractivity contribution in [3.63, 3.8) is 0 Å². The van der Waals surface area contributed by atoms with Crippen LogP contribution < -0.4 is 0 Å². The van der Waals surface area contributed by atoms with E-state index in [1.165, 1.54) is 0 Å². The molecule has 8 nitrogen and oxygen atoms in total. The average molecular weight is 343 g/mol. The Hall–Kier alpha value is -1.74. The molecule has 0 heterocycles. The van der Waals surface area contributed by atoms with Crippen LogP contribution in [0.4, 0.5) is 4.39 Å². The summed E-state index contributed by atoms with van der Waals surface area (Å²) in [6, 6.07) is 0. The number of esters is 3. The van der Waals surface area contributed by atoms with Gasteiger partial charge in [0.2, 0.25) is 6.17 Å². The Morgan fingerprint density at radius 1 is 1.00 bits per heavy atom. The van der Waals surface area contributed by atoms with Crippen LogP contribution in [-0.2, 0) is 33.4 Å². The summed E-state index contributed by atoms with van der Waals surface area (Å²) in [6.07, 6.45) is -8.08. The third kappa shape index (κ3) is 7.32. The first-order valence-corrected chi connectivity index (χ1v) is 6.43. The Balaban J connectivity index is 5.34. The zero-order valence-electron chi connectivity index (χ0n) is 12.1. The summed E-state index contributed by atoms with van der Waals surface area (Å²) < 4.78 is 27.6. The van der Waals surface area contributed by atoms with Crippen LogP contribution in [-0.4, -0.2) is 59.3 Å². The number of hydrogen-bond donors (Lipinski definition) is 1. The topological polar surface area (TPSA) is 116 Å². The Labute approximate surface area is 130 Å². The van der Waals surface area contributed by atoms with Crippen LogP contribution in [0.15, 0.2) is 0 Å². The highest BCUT2D eigenvalue weighted by molar-refractivity contribution is 6.64. The van der Waals surface area contributed by atoms with Gasteiger partial charge in [0.15, 0.2) is 12.2 Å². The molecule has 0 fully saturated rings. The molecule has 0 spiro atoms. The van der Waals surface area contributed by atoms with Crippen LogP contribution in [0.2, 0.25) is 0 Å². The van der Waals surface area contributed by atoms with Gasteiger partial charge in [-0.3, -0.25) is 19.2 Å². The van der Waals surface area contributed by atoms with Gasteiger partial charge in [0.25, 0.3) is 5.24 Å². The number of rotatable bonds is 8. The minimum absolute atomic E-state index is 0.672. The van der Waals surface area contributed by atoms with Gasteiger partial charge in [-0.05, 0) is 11.6 Å². The number of halogens is 2. The van der Waals surface area contributed by atoms with Gasteiger partial charge in [0.05, 0.1) is 0 Å². The zero-order chi connectivity index (χ0) is 17.4. The van der Waals surface area contributed by atoms with E-state index in [0.29, 0.717) is 0 Å². The highest BCUT2D eigenvalue weighted by Crippen LogP contribution is 2.19. The van der Waals surface area contributed by atoms with Gasteiger partial charge >= 0.3 is 17.9 Å². The molecule has 1 N–H and O–H groups in total. The monoisotopic (exact) mass is 342 g/mol. The maximum Gasteiger partial charge on any atom is 0.303 e. The molecule has 0 aromatic carbocycles. The summed E-state index contributed by atoms with van der Waals surface area (Å²) >= 11 is 5.01. The predicted octanol–water partition coefficient (Wildman–Crippen LogP) is -0.123. The van der Waals surface area contributed by atoms with Crippen molar-refractivity contribution >= 4 is 34.8 Å². The van der Waals surface area contributed by atoms with Crippen molar-refractivity contribution in [3.05, 3.63) is 0 Å². The van der Waals surface area contributed by atoms with E-state index in [9.17, 15) is 28.7 Å². The van der Waals surface area contributed by atoms with Crippen LogP contribution in [0.5, 0.6) is 0 Å². The highest BCUT2D eigenvalue weighted by atomic mass is 35.5. The third-order valence-corrected chi connectivity index (χ3v) is 2.48. The van der Waals surface area contributed by atoms with Crippen molar-refractivity contribution in [1.29, 1.82) is 0 Å². The Morgan fingerprint density at radius 3 is 1.82 bits per heavy atom. The minimum Gasteiger partial charge on any atom is -0.463 e. The predicted molar refractivity (Wildman–Crippen MR) is 69.5 cm³/mol. The van der Waals surface area contributed by atoms with Gasteiger partial charge < -0.3 is 19.3 Å². The Kier molecular flexibility index (Phi) is 8.58. The summed E-state index contributed by atoms with van der Waals surface area (Å²) in [6.45, 7) is 2.25. The molecule has 0 radical (unpaired) electrons. The van der Waals surface area contributed by atoms with Gasteiger partial charge in [-0.2, -0.15) is 0 Å². The van der Waals surface area contributed by atoms with Crippen molar-refractivity contribution in [3.8, 4) is 0 Å². The van der Waals surface area contributed by atoms with Gasteiger partial charge in [0, 0.05) is 20.8 Å². The quantitative estimate of drug-likeness (QED) is 0.368. The number of aliphatic hydroxyl groups excluding tert-OH is 1. The molecule has 0 aliphatic heterocycles. The molecular formula is C12H16ClFO8. The molecule has 0 saturated carbocycles. The second-order valence-electron chi connectivity index (χ2n) is 4.22. The Bertz CT molecular complexity index is 441. The maximum absolute atomic E-state index is 13.8. The molecule has 0 unspecified atom stereocenters. The summed E-state index contributed by atoms with van der Waals surface area (Å²) in [4.78, 5) is 43.7. The van der Waals surface area contributed by atoms with E-state index in [1.54, 1.807) is 0 Å². The molecule has 0 amide bonds. The van der Waals surface area contributed by atoms with E-state index in [-0.39, 0.29) is 0 Å². The van der Waals surface area contributed by atoms with Gasteiger partial charge in [0.1, 0.15) is 12.7 Å². The molecule has 0 rings (SSSR count). The second-order valence-corrected chi connectivity index (χ2v) is 4.60. The van der Waals surface area contributed by atoms with Gasteiger partial charge in [-0.15, -0.1) is 0 Å². The van der Waals surface area contributed by atoms with Crippen LogP contribution in [0.25, 0.3) is 0 Å². The number of carbonyl (C=O) groups is 4. The first-order valence-electron chi connectivity index (χ1n) is 6.05. The van der Waals surface area contributed by atoms with Crippen molar-refractivity contribution in [1.82, 2.24) is 0 Å². The number of alkyl halides is 1. The largest absolute Gasteiger partial charge is 0.463 e. The molecule has 0 aromatic rings. The molecule has 0 saturated heterocycles. The smallest absolute Gasteiger partial charge is 0.303 e. The molecule has 4 atom stereocenters. The molecule has 0 aromatic heterocycles. The van der Waals surface area contributed by atoms with Crippen LogP contribution in [0, 0.1) is 0 Å². The van der Waals surface area contributed by atoms with Crippen molar-refractivity contribution < 1.29 is 42.9 Å². The second kappa shape index (κ2) is 9.31. The number of carbonyl (C=O) groups excluding carboxylic acids is 4. The lowest BCUT2D eigenvalue weighted by Gasteiger charge is -2.30. The molecular weight excluding hydrogens is 327 g/mol. The highest BCUT2D eigenvalue weighted by Gasteiger charge is 2.42. The van der Waals surface area contributed by atoms with E-state index >= 15 is 0 Å². The average Bonchev–Trinajstić information content (AvgIpc) is 2.38. The molecule has 0 aliphatic rings. The first-order chi connectivity index (χ1) is 10.1. The third-order valence-electron chi connectivity index (χ3n) is 2.27. The lowest BCUT2D eigenvalue weighted by molar-refractivity contribution is -0.186. The number of aliphatic hydroxyl groups is 1. The lowest BCUT2D eigenvalue weighted by Crippen LogP contribution is -2.51. The van der Waals surface area contributed by atoms with Crippen molar-refractivity contribution in [2.45, 2.75) is 45.3 Å². The summed E-state index contributed by atoms with van der Waals surface area (Å²) in [5.74, 6) is -2.70. The number of ether oxygens (including phenoxy) is 3. The van der Waals surface area contributed by atoms with Gasteiger partial charge in [-0.25, -0.2) is 4.39 Å². The molecule has 0 bridgehead atoms. The van der Waals surface area contributed by atoms with E-state index in [0.717, 1.165) is 20.8 Å². The maximum atomic E-state index is 13.8. The molecule has 22 heavy (non-hydrogen) atoms. The fraction of sp³-hybridized carbons (Fsp3) is 0.667. The van der Waals surface area contributed by atoms with Crippen molar-refractivity contribution in [2.24, 2.45) is 0 Å².